The second kappa shape index (κ2) is 10.7. The van der Waals surface area contributed by atoms with E-state index < -0.39 is 30.4 Å². The predicted molar refractivity (Wildman–Crippen MR) is 106 cm³/mol. The molecule has 1 aromatic heterocycles. The van der Waals surface area contributed by atoms with Crippen molar-refractivity contribution in [2.24, 2.45) is 0 Å². The third-order valence-electron chi connectivity index (χ3n) is 4.96. The largest absolute Gasteiger partial charge is 0.489 e. The van der Waals surface area contributed by atoms with Crippen molar-refractivity contribution in [1.29, 1.82) is 0 Å². The monoisotopic (exact) mass is 475 g/mol. The molecule has 7 nitrogen and oxygen atoms in total. The van der Waals surface area contributed by atoms with Gasteiger partial charge in [-0.15, -0.1) is 0 Å². The SMILES string of the molecule is CCOC(=O)c1cnc(N2C[C@H](Oc3ccc(C(F)(F)F)cc3)C[C@H]2CCOC(F)F)nc1. The molecule has 2 aromatic rings. The zero-order valence-electron chi connectivity index (χ0n) is 17.6. The Morgan fingerprint density at radius 2 is 1.85 bits per heavy atom. The molecule has 0 aliphatic carbocycles. The van der Waals surface area contributed by atoms with E-state index in [2.05, 4.69) is 14.7 Å². The Labute approximate surface area is 186 Å². The molecule has 1 aliphatic rings. The number of esters is 1. The molecule has 0 bridgehead atoms. The minimum Gasteiger partial charge on any atom is -0.489 e. The van der Waals surface area contributed by atoms with Crippen LogP contribution in [0, 0.1) is 0 Å². The first-order valence-corrected chi connectivity index (χ1v) is 10.2. The first kappa shape index (κ1) is 24.6. The summed E-state index contributed by atoms with van der Waals surface area (Å²) < 4.78 is 78.1. The maximum atomic E-state index is 12.8. The van der Waals surface area contributed by atoms with Gasteiger partial charge in [0.05, 0.1) is 30.9 Å². The normalized spacial score (nSPS) is 18.6. The van der Waals surface area contributed by atoms with Gasteiger partial charge in [0, 0.05) is 24.9 Å². The van der Waals surface area contributed by atoms with Crippen LogP contribution in [-0.2, 0) is 15.7 Å². The molecule has 0 spiro atoms. The highest BCUT2D eigenvalue weighted by Gasteiger charge is 2.35. The van der Waals surface area contributed by atoms with E-state index in [0.29, 0.717) is 6.42 Å². The van der Waals surface area contributed by atoms with Gasteiger partial charge in [0.1, 0.15) is 11.9 Å². The second-order valence-electron chi connectivity index (χ2n) is 7.22. The molecule has 33 heavy (non-hydrogen) atoms. The third-order valence-corrected chi connectivity index (χ3v) is 4.96. The Kier molecular flexibility index (Phi) is 8.01. The summed E-state index contributed by atoms with van der Waals surface area (Å²) in [6.45, 7) is -0.993. The number of carbonyl (C=O) groups excluding carboxylic acids is 1. The van der Waals surface area contributed by atoms with Gasteiger partial charge in [-0.3, -0.25) is 0 Å². The highest BCUT2D eigenvalue weighted by Crippen LogP contribution is 2.32. The Balaban J connectivity index is 1.71. The summed E-state index contributed by atoms with van der Waals surface area (Å²) in [5, 5.41) is 0. The molecule has 3 rings (SSSR count). The number of hydrogen-bond donors (Lipinski definition) is 0. The summed E-state index contributed by atoms with van der Waals surface area (Å²) in [5.74, 6) is -0.0736. The number of halogens is 5. The topological polar surface area (TPSA) is 73.8 Å². The lowest BCUT2D eigenvalue weighted by atomic mass is 10.1. The molecule has 0 unspecified atom stereocenters. The first-order chi connectivity index (χ1) is 15.7. The lowest BCUT2D eigenvalue weighted by Crippen LogP contribution is -2.33. The Morgan fingerprint density at radius 1 is 1.18 bits per heavy atom. The van der Waals surface area contributed by atoms with E-state index in [9.17, 15) is 26.7 Å². The van der Waals surface area contributed by atoms with Crippen LogP contribution in [0.3, 0.4) is 0 Å². The van der Waals surface area contributed by atoms with Gasteiger partial charge in [0.15, 0.2) is 0 Å². The van der Waals surface area contributed by atoms with Crippen molar-refractivity contribution >= 4 is 11.9 Å². The number of ether oxygens (including phenoxy) is 3. The molecule has 0 N–H and O–H groups in total. The second-order valence-corrected chi connectivity index (χ2v) is 7.22. The number of alkyl halides is 5. The van der Waals surface area contributed by atoms with E-state index in [1.54, 1.807) is 11.8 Å². The van der Waals surface area contributed by atoms with E-state index in [1.807, 2.05) is 0 Å². The van der Waals surface area contributed by atoms with Crippen LogP contribution in [0.2, 0.25) is 0 Å². The summed E-state index contributed by atoms with van der Waals surface area (Å²) in [6.07, 6.45) is -1.69. The fourth-order valence-corrected chi connectivity index (χ4v) is 3.48. The molecule has 1 aliphatic heterocycles. The minimum absolute atomic E-state index is 0.162. The molecular weight excluding hydrogens is 453 g/mol. The Morgan fingerprint density at radius 3 is 2.42 bits per heavy atom. The van der Waals surface area contributed by atoms with Crippen molar-refractivity contribution in [1.82, 2.24) is 9.97 Å². The smallest absolute Gasteiger partial charge is 0.416 e. The molecule has 1 fully saturated rings. The van der Waals surface area contributed by atoms with Gasteiger partial charge >= 0.3 is 18.8 Å². The molecule has 1 saturated heterocycles. The lowest BCUT2D eigenvalue weighted by molar-refractivity contribution is -0.137. The van der Waals surface area contributed by atoms with Crippen LogP contribution in [0.4, 0.5) is 27.9 Å². The summed E-state index contributed by atoms with van der Waals surface area (Å²) in [4.78, 5) is 21.9. The fourth-order valence-electron chi connectivity index (χ4n) is 3.48. The maximum Gasteiger partial charge on any atom is 0.416 e. The van der Waals surface area contributed by atoms with Gasteiger partial charge in [0.25, 0.3) is 0 Å². The fraction of sp³-hybridized carbons (Fsp3) is 0.476. The van der Waals surface area contributed by atoms with Gasteiger partial charge in [-0.2, -0.15) is 22.0 Å². The zero-order valence-corrected chi connectivity index (χ0v) is 17.6. The number of benzene rings is 1. The van der Waals surface area contributed by atoms with Crippen LogP contribution in [0.1, 0.15) is 35.7 Å². The van der Waals surface area contributed by atoms with Crippen LogP contribution in [0.15, 0.2) is 36.7 Å². The lowest BCUT2D eigenvalue weighted by Gasteiger charge is -2.24. The maximum absolute atomic E-state index is 12.8. The zero-order chi connectivity index (χ0) is 24.0. The van der Waals surface area contributed by atoms with Crippen LogP contribution in [0.25, 0.3) is 0 Å². The average Bonchev–Trinajstić information content (AvgIpc) is 3.16. The predicted octanol–water partition coefficient (Wildman–Crippen LogP) is 4.33. The molecule has 180 valence electrons. The number of carbonyl (C=O) groups is 1. The molecule has 12 heteroatoms. The van der Waals surface area contributed by atoms with E-state index in [1.165, 1.54) is 24.5 Å². The highest BCUT2D eigenvalue weighted by atomic mass is 19.4. The third kappa shape index (κ3) is 6.73. The van der Waals surface area contributed by atoms with E-state index in [4.69, 9.17) is 9.47 Å². The number of hydrogen-bond acceptors (Lipinski definition) is 7. The van der Waals surface area contributed by atoms with Gasteiger partial charge in [-0.25, -0.2) is 14.8 Å². The number of anilines is 1. The molecular formula is C21H22F5N3O4. The van der Waals surface area contributed by atoms with Crippen molar-refractivity contribution < 1.29 is 41.0 Å². The Bertz CT molecular complexity index is 910. The van der Waals surface area contributed by atoms with Gasteiger partial charge < -0.3 is 19.1 Å². The van der Waals surface area contributed by atoms with Crippen LogP contribution in [-0.4, -0.2) is 54.5 Å². The molecule has 2 heterocycles. The van der Waals surface area contributed by atoms with Crippen molar-refractivity contribution in [3.05, 3.63) is 47.8 Å². The van der Waals surface area contributed by atoms with Crippen molar-refractivity contribution in [3.63, 3.8) is 0 Å². The summed E-state index contributed by atoms with van der Waals surface area (Å²) in [5.41, 5.74) is -0.630. The molecule has 0 saturated carbocycles. The number of rotatable bonds is 9. The van der Waals surface area contributed by atoms with Gasteiger partial charge in [-0.05, 0) is 37.6 Å². The quantitative estimate of drug-likeness (QED) is 0.395. The highest BCUT2D eigenvalue weighted by molar-refractivity contribution is 5.88. The molecule has 2 atom stereocenters. The molecule has 0 amide bonds. The summed E-state index contributed by atoms with van der Waals surface area (Å²) in [7, 11) is 0. The van der Waals surface area contributed by atoms with Gasteiger partial charge in [-0.1, -0.05) is 0 Å². The van der Waals surface area contributed by atoms with E-state index in [0.717, 1.165) is 12.1 Å². The minimum atomic E-state index is -4.45. The molecule has 1 aromatic carbocycles. The van der Waals surface area contributed by atoms with Crippen molar-refractivity contribution in [2.75, 3.05) is 24.7 Å². The van der Waals surface area contributed by atoms with Crippen LogP contribution < -0.4 is 9.64 Å². The molecule has 0 radical (unpaired) electrons. The van der Waals surface area contributed by atoms with Gasteiger partial charge in [0.2, 0.25) is 5.95 Å². The van der Waals surface area contributed by atoms with Crippen molar-refractivity contribution in [3.8, 4) is 5.75 Å². The van der Waals surface area contributed by atoms with Crippen LogP contribution in [0.5, 0.6) is 5.75 Å². The number of nitrogens with zero attached hydrogens (tertiary/aromatic N) is 3. The van der Waals surface area contributed by atoms with E-state index >= 15 is 0 Å². The Hall–Kier alpha value is -3.02. The summed E-state index contributed by atoms with van der Waals surface area (Å²) in [6, 6.07) is 3.98. The summed E-state index contributed by atoms with van der Waals surface area (Å²) >= 11 is 0. The standard InChI is InChI=1S/C21H22F5N3O4/c1-2-31-18(30)13-10-27-20(28-11-13)29-12-17(9-15(29)7-8-32-19(22)23)33-16-5-3-14(4-6-16)21(24,25)26/h3-6,10-11,15,17,19H,2,7-9,12H2,1H3/t15-,17-/m1/s1. The number of aromatic nitrogens is 2. The van der Waals surface area contributed by atoms with Crippen LogP contribution >= 0.6 is 0 Å². The van der Waals surface area contributed by atoms with Crippen molar-refractivity contribution in [2.45, 2.75) is 44.7 Å². The first-order valence-electron chi connectivity index (χ1n) is 10.2. The van der Waals surface area contributed by atoms with E-state index in [-0.39, 0.29) is 49.5 Å². The average molecular weight is 475 g/mol.